The van der Waals surface area contributed by atoms with E-state index in [9.17, 15) is 9.59 Å². The number of carbonyl (C=O) groups is 2. The number of aliphatic carboxylic acids is 1. The van der Waals surface area contributed by atoms with Crippen molar-refractivity contribution in [3.05, 3.63) is 29.8 Å². The third-order valence-electron chi connectivity index (χ3n) is 3.04. The van der Waals surface area contributed by atoms with Crippen LogP contribution >= 0.6 is 0 Å². The summed E-state index contributed by atoms with van der Waals surface area (Å²) in [7, 11) is 1.61. The van der Waals surface area contributed by atoms with Crippen LogP contribution in [0.5, 0.6) is 5.75 Å². The predicted molar refractivity (Wildman–Crippen MR) is 79.6 cm³/mol. The van der Waals surface area contributed by atoms with Gasteiger partial charge in [0, 0.05) is 6.54 Å². The zero-order chi connectivity index (χ0) is 15.7. The molecule has 1 aromatic rings. The number of methoxy groups -OCH3 is 1. The summed E-state index contributed by atoms with van der Waals surface area (Å²) in [5, 5.41) is 14.1. The van der Waals surface area contributed by atoms with E-state index in [1.165, 1.54) is 0 Å². The molecule has 0 bridgehead atoms. The molecule has 2 amide bonds. The number of hydrogen-bond donors (Lipinski definition) is 3. The van der Waals surface area contributed by atoms with Crippen LogP contribution in [0.25, 0.3) is 0 Å². The number of ether oxygens (including phenoxy) is 1. The first-order chi connectivity index (χ1) is 10.1. The molecule has 6 heteroatoms. The molecular formula is C15H22N2O4. The van der Waals surface area contributed by atoms with Crippen LogP contribution in [0, 0.1) is 0 Å². The molecule has 0 spiro atoms. The first kappa shape index (κ1) is 16.8. The minimum absolute atomic E-state index is 0.418. The second kappa shape index (κ2) is 8.84. The zero-order valence-electron chi connectivity index (χ0n) is 12.4. The number of rotatable bonds is 8. The lowest BCUT2D eigenvalue weighted by atomic mass is 10.1. The number of hydrogen-bond acceptors (Lipinski definition) is 3. The van der Waals surface area contributed by atoms with Gasteiger partial charge in [0.05, 0.1) is 7.11 Å². The molecule has 0 aliphatic rings. The maximum absolute atomic E-state index is 11.6. The highest BCUT2D eigenvalue weighted by Gasteiger charge is 2.18. The highest BCUT2D eigenvalue weighted by atomic mass is 16.5. The van der Waals surface area contributed by atoms with Gasteiger partial charge in [-0.25, -0.2) is 9.59 Å². The van der Waals surface area contributed by atoms with E-state index in [2.05, 4.69) is 10.6 Å². The molecule has 6 nitrogen and oxygen atoms in total. The van der Waals surface area contributed by atoms with Crippen molar-refractivity contribution in [2.45, 2.75) is 32.2 Å². The monoisotopic (exact) mass is 294 g/mol. The van der Waals surface area contributed by atoms with E-state index < -0.39 is 18.0 Å². The fourth-order valence-electron chi connectivity index (χ4n) is 1.87. The molecular weight excluding hydrogens is 272 g/mol. The van der Waals surface area contributed by atoms with Crippen LogP contribution in [-0.2, 0) is 11.2 Å². The third kappa shape index (κ3) is 6.16. The molecule has 0 fully saturated rings. The Morgan fingerprint density at radius 1 is 1.29 bits per heavy atom. The highest BCUT2D eigenvalue weighted by Crippen LogP contribution is 2.11. The molecule has 0 radical (unpaired) electrons. The van der Waals surface area contributed by atoms with Crippen molar-refractivity contribution in [3.63, 3.8) is 0 Å². The quantitative estimate of drug-likeness (QED) is 0.682. The predicted octanol–water partition coefficient (Wildman–Crippen LogP) is 1.79. The Balaban J connectivity index is 2.33. The van der Waals surface area contributed by atoms with Crippen molar-refractivity contribution in [2.75, 3.05) is 13.7 Å². The van der Waals surface area contributed by atoms with Crippen LogP contribution in [0.2, 0.25) is 0 Å². The summed E-state index contributed by atoms with van der Waals surface area (Å²) in [4.78, 5) is 22.5. The Morgan fingerprint density at radius 2 is 1.95 bits per heavy atom. The van der Waals surface area contributed by atoms with Crippen molar-refractivity contribution in [1.29, 1.82) is 0 Å². The molecule has 0 aliphatic carbocycles. The Bertz CT molecular complexity index is 459. The van der Waals surface area contributed by atoms with Crippen LogP contribution in [0.15, 0.2) is 24.3 Å². The number of carbonyl (C=O) groups excluding carboxylic acids is 1. The summed E-state index contributed by atoms with van der Waals surface area (Å²) in [6, 6.07) is 6.28. The van der Waals surface area contributed by atoms with Gasteiger partial charge in [-0.2, -0.15) is 0 Å². The van der Waals surface area contributed by atoms with Gasteiger partial charge in [0.2, 0.25) is 0 Å². The largest absolute Gasteiger partial charge is 0.497 e. The van der Waals surface area contributed by atoms with E-state index in [0.717, 1.165) is 11.3 Å². The maximum Gasteiger partial charge on any atom is 0.326 e. The van der Waals surface area contributed by atoms with E-state index in [-0.39, 0.29) is 0 Å². The molecule has 0 saturated heterocycles. The smallest absolute Gasteiger partial charge is 0.326 e. The Morgan fingerprint density at radius 3 is 2.48 bits per heavy atom. The number of urea groups is 1. The summed E-state index contributed by atoms with van der Waals surface area (Å²) < 4.78 is 5.07. The van der Waals surface area contributed by atoms with Gasteiger partial charge in [0.1, 0.15) is 11.8 Å². The van der Waals surface area contributed by atoms with Crippen molar-refractivity contribution >= 4 is 12.0 Å². The van der Waals surface area contributed by atoms with Crippen molar-refractivity contribution in [3.8, 4) is 5.75 Å². The van der Waals surface area contributed by atoms with E-state index in [1.807, 2.05) is 31.2 Å². The summed E-state index contributed by atoms with van der Waals surface area (Å²) in [6.45, 7) is 2.32. The SMILES string of the molecule is CCCC(NC(=O)NCCc1ccc(OC)cc1)C(=O)O. The number of nitrogens with one attached hydrogen (secondary N) is 2. The topological polar surface area (TPSA) is 87.7 Å². The van der Waals surface area contributed by atoms with Gasteiger partial charge in [0.25, 0.3) is 0 Å². The summed E-state index contributed by atoms with van der Waals surface area (Å²) in [5.41, 5.74) is 1.07. The Labute approximate surface area is 124 Å². The van der Waals surface area contributed by atoms with Crippen molar-refractivity contribution < 1.29 is 19.4 Å². The van der Waals surface area contributed by atoms with Gasteiger partial charge in [-0.05, 0) is 30.5 Å². The first-order valence-corrected chi connectivity index (χ1v) is 6.97. The van der Waals surface area contributed by atoms with Crippen LogP contribution in [0.4, 0.5) is 4.79 Å². The lowest BCUT2D eigenvalue weighted by Crippen LogP contribution is -2.46. The molecule has 1 rings (SSSR count). The average Bonchev–Trinajstić information content (AvgIpc) is 2.47. The van der Waals surface area contributed by atoms with Gasteiger partial charge in [-0.15, -0.1) is 0 Å². The second-order valence-corrected chi connectivity index (χ2v) is 4.68. The lowest BCUT2D eigenvalue weighted by Gasteiger charge is -2.14. The summed E-state index contributed by atoms with van der Waals surface area (Å²) in [5.74, 6) is -0.226. The minimum Gasteiger partial charge on any atom is -0.497 e. The lowest BCUT2D eigenvalue weighted by molar-refractivity contribution is -0.139. The van der Waals surface area contributed by atoms with E-state index >= 15 is 0 Å². The van der Waals surface area contributed by atoms with Gasteiger partial charge < -0.3 is 20.5 Å². The van der Waals surface area contributed by atoms with Gasteiger partial charge >= 0.3 is 12.0 Å². The van der Waals surface area contributed by atoms with Gasteiger partial charge in [0.15, 0.2) is 0 Å². The van der Waals surface area contributed by atoms with Gasteiger partial charge in [-0.1, -0.05) is 25.5 Å². The van der Waals surface area contributed by atoms with Crippen LogP contribution in [-0.4, -0.2) is 36.8 Å². The third-order valence-corrected chi connectivity index (χ3v) is 3.04. The summed E-state index contributed by atoms with van der Waals surface area (Å²) in [6.07, 6.45) is 1.78. The molecule has 0 aliphatic heterocycles. The fourth-order valence-corrected chi connectivity index (χ4v) is 1.87. The summed E-state index contributed by atoms with van der Waals surface area (Å²) >= 11 is 0. The molecule has 21 heavy (non-hydrogen) atoms. The normalized spacial score (nSPS) is 11.5. The fraction of sp³-hybridized carbons (Fsp3) is 0.467. The van der Waals surface area contributed by atoms with Crippen LogP contribution in [0.3, 0.4) is 0 Å². The minimum atomic E-state index is -1.01. The van der Waals surface area contributed by atoms with Crippen LogP contribution in [0.1, 0.15) is 25.3 Å². The molecule has 0 aromatic heterocycles. The molecule has 116 valence electrons. The van der Waals surface area contributed by atoms with Crippen molar-refractivity contribution in [2.24, 2.45) is 0 Å². The molecule has 3 N–H and O–H groups in total. The van der Waals surface area contributed by atoms with E-state index in [4.69, 9.17) is 9.84 Å². The van der Waals surface area contributed by atoms with Crippen LogP contribution < -0.4 is 15.4 Å². The maximum atomic E-state index is 11.6. The molecule has 1 aromatic carbocycles. The first-order valence-electron chi connectivity index (χ1n) is 6.97. The number of amides is 2. The Kier molecular flexibility index (Phi) is 7.08. The molecule has 1 unspecified atom stereocenters. The van der Waals surface area contributed by atoms with E-state index in [1.54, 1.807) is 7.11 Å². The average molecular weight is 294 g/mol. The van der Waals surface area contributed by atoms with E-state index in [0.29, 0.717) is 25.8 Å². The number of carboxylic acid groups (broad SMARTS) is 1. The number of carboxylic acids is 1. The zero-order valence-corrected chi connectivity index (χ0v) is 12.4. The highest BCUT2D eigenvalue weighted by molar-refractivity contribution is 5.82. The van der Waals surface area contributed by atoms with Gasteiger partial charge in [-0.3, -0.25) is 0 Å². The standard InChI is InChI=1S/C15H22N2O4/c1-3-4-13(14(18)19)17-15(20)16-10-9-11-5-7-12(21-2)8-6-11/h5-8,13H,3-4,9-10H2,1-2H3,(H,18,19)(H2,16,17,20). The molecule has 0 saturated carbocycles. The Hall–Kier alpha value is -2.24. The molecule has 0 heterocycles. The number of benzene rings is 1. The molecule has 1 atom stereocenters. The second-order valence-electron chi connectivity index (χ2n) is 4.68. The van der Waals surface area contributed by atoms with Crippen molar-refractivity contribution in [1.82, 2.24) is 10.6 Å².